The molecule has 1 aliphatic carbocycles. The highest BCUT2D eigenvalue weighted by atomic mass is 15.2. The SMILES string of the molecule is c1cc(CNCc2ccc3[nH]c4c(c3c2)CCCC4)cc(N2CCNCC2)c1. The zero-order valence-corrected chi connectivity index (χ0v) is 16.6. The van der Waals surface area contributed by atoms with Crippen molar-refractivity contribution >= 4 is 16.6 Å². The van der Waals surface area contributed by atoms with Crippen molar-refractivity contribution in [2.24, 2.45) is 0 Å². The van der Waals surface area contributed by atoms with Crippen LogP contribution in [0.4, 0.5) is 5.69 Å². The van der Waals surface area contributed by atoms with Gasteiger partial charge in [0.1, 0.15) is 0 Å². The van der Waals surface area contributed by atoms with Crippen molar-refractivity contribution < 1.29 is 0 Å². The predicted octanol–water partition coefficient (Wildman–Crippen LogP) is 3.75. The standard InChI is InChI=1S/C24H30N4/c1-2-7-23-21(6-1)22-15-19(8-9-24(22)27-23)17-26-16-18-4-3-5-20(14-18)28-12-10-25-11-13-28/h3-5,8-9,14-15,25-27H,1-2,6-7,10-13,16-17H2. The van der Waals surface area contributed by atoms with Crippen LogP contribution in [0, 0.1) is 0 Å². The summed E-state index contributed by atoms with van der Waals surface area (Å²) in [5, 5.41) is 8.51. The minimum absolute atomic E-state index is 0.906. The predicted molar refractivity (Wildman–Crippen MR) is 117 cm³/mol. The van der Waals surface area contributed by atoms with Gasteiger partial charge in [0.25, 0.3) is 0 Å². The van der Waals surface area contributed by atoms with Gasteiger partial charge in [0.15, 0.2) is 0 Å². The van der Waals surface area contributed by atoms with E-state index in [4.69, 9.17) is 0 Å². The van der Waals surface area contributed by atoms with Crippen molar-refractivity contribution in [3.05, 3.63) is 64.8 Å². The molecule has 0 atom stereocenters. The Morgan fingerprint density at radius 3 is 2.61 bits per heavy atom. The largest absolute Gasteiger partial charge is 0.369 e. The molecule has 0 unspecified atom stereocenters. The number of anilines is 1. The minimum Gasteiger partial charge on any atom is -0.369 e. The van der Waals surface area contributed by atoms with Gasteiger partial charge in [0.2, 0.25) is 0 Å². The number of aryl methyl sites for hydroxylation is 2. The van der Waals surface area contributed by atoms with Gasteiger partial charge < -0.3 is 20.5 Å². The number of fused-ring (bicyclic) bond motifs is 3. The second kappa shape index (κ2) is 7.98. The molecule has 0 radical (unpaired) electrons. The second-order valence-corrected chi connectivity index (χ2v) is 8.18. The fourth-order valence-electron chi connectivity index (χ4n) is 4.70. The van der Waals surface area contributed by atoms with E-state index in [0.29, 0.717) is 0 Å². The van der Waals surface area contributed by atoms with Gasteiger partial charge in [-0.1, -0.05) is 18.2 Å². The third kappa shape index (κ3) is 3.67. The molecule has 0 spiro atoms. The third-order valence-electron chi connectivity index (χ3n) is 6.21. The Labute approximate surface area is 167 Å². The van der Waals surface area contributed by atoms with Crippen LogP contribution in [0.5, 0.6) is 0 Å². The number of nitrogens with zero attached hydrogens (tertiary/aromatic N) is 1. The average Bonchev–Trinajstić information content (AvgIpc) is 3.13. The topological polar surface area (TPSA) is 43.1 Å². The van der Waals surface area contributed by atoms with Crippen LogP contribution >= 0.6 is 0 Å². The summed E-state index contributed by atoms with van der Waals surface area (Å²) in [6, 6.07) is 15.9. The zero-order valence-electron chi connectivity index (χ0n) is 16.6. The fourth-order valence-corrected chi connectivity index (χ4v) is 4.70. The van der Waals surface area contributed by atoms with Crippen LogP contribution in [0.3, 0.4) is 0 Å². The number of piperazine rings is 1. The molecule has 1 saturated heterocycles. The van der Waals surface area contributed by atoms with Gasteiger partial charge in [0.05, 0.1) is 0 Å². The van der Waals surface area contributed by atoms with E-state index in [-0.39, 0.29) is 0 Å². The molecule has 0 bridgehead atoms. The summed E-state index contributed by atoms with van der Waals surface area (Å²) in [4.78, 5) is 6.11. The molecule has 1 fully saturated rings. The van der Waals surface area contributed by atoms with E-state index < -0.39 is 0 Å². The normalized spacial score (nSPS) is 17.1. The maximum absolute atomic E-state index is 3.64. The van der Waals surface area contributed by atoms with E-state index in [1.54, 1.807) is 5.56 Å². The maximum atomic E-state index is 3.64. The summed E-state index contributed by atoms with van der Waals surface area (Å²) in [6.07, 6.45) is 5.08. The van der Waals surface area contributed by atoms with Crippen LogP contribution in [0.2, 0.25) is 0 Å². The Hall–Kier alpha value is -2.30. The van der Waals surface area contributed by atoms with Crippen molar-refractivity contribution in [2.45, 2.75) is 38.8 Å². The number of hydrogen-bond acceptors (Lipinski definition) is 3. The van der Waals surface area contributed by atoms with E-state index >= 15 is 0 Å². The molecule has 146 valence electrons. The summed E-state index contributed by atoms with van der Waals surface area (Å²) < 4.78 is 0. The highest BCUT2D eigenvalue weighted by Crippen LogP contribution is 2.29. The van der Waals surface area contributed by atoms with E-state index in [0.717, 1.165) is 39.3 Å². The number of aromatic amines is 1. The number of H-pyrrole nitrogens is 1. The molecule has 2 aliphatic rings. The Morgan fingerprint density at radius 2 is 1.71 bits per heavy atom. The van der Waals surface area contributed by atoms with Gasteiger partial charge in [-0.15, -0.1) is 0 Å². The second-order valence-electron chi connectivity index (χ2n) is 8.18. The van der Waals surface area contributed by atoms with Crippen LogP contribution in [0.25, 0.3) is 10.9 Å². The monoisotopic (exact) mass is 374 g/mol. The van der Waals surface area contributed by atoms with Crippen LogP contribution in [0.15, 0.2) is 42.5 Å². The molecular formula is C24H30N4. The zero-order chi connectivity index (χ0) is 18.8. The highest BCUT2D eigenvalue weighted by molar-refractivity contribution is 5.85. The van der Waals surface area contributed by atoms with E-state index in [9.17, 15) is 0 Å². The average molecular weight is 375 g/mol. The van der Waals surface area contributed by atoms with Gasteiger partial charge >= 0.3 is 0 Å². The van der Waals surface area contributed by atoms with Crippen LogP contribution in [0.1, 0.15) is 35.2 Å². The number of aromatic nitrogens is 1. The van der Waals surface area contributed by atoms with Crippen molar-refractivity contribution in [1.82, 2.24) is 15.6 Å². The summed E-state index contributed by atoms with van der Waals surface area (Å²) >= 11 is 0. The van der Waals surface area contributed by atoms with E-state index in [2.05, 4.69) is 63.0 Å². The summed E-state index contributed by atoms with van der Waals surface area (Å²) in [7, 11) is 0. The Morgan fingerprint density at radius 1 is 0.893 bits per heavy atom. The molecule has 2 aromatic carbocycles. The first-order valence-electron chi connectivity index (χ1n) is 10.7. The molecule has 28 heavy (non-hydrogen) atoms. The molecule has 1 aliphatic heterocycles. The molecule has 2 heterocycles. The Balaban J connectivity index is 1.24. The lowest BCUT2D eigenvalue weighted by Crippen LogP contribution is -2.43. The first-order chi connectivity index (χ1) is 13.9. The summed E-state index contributed by atoms with van der Waals surface area (Å²) in [6.45, 7) is 6.16. The highest BCUT2D eigenvalue weighted by Gasteiger charge is 2.15. The molecule has 5 rings (SSSR count). The molecule has 3 N–H and O–H groups in total. The lowest BCUT2D eigenvalue weighted by molar-refractivity contribution is 0.589. The van der Waals surface area contributed by atoms with Gasteiger partial charge in [-0.05, 0) is 66.6 Å². The molecule has 0 saturated carbocycles. The van der Waals surface area contributed by atoms with Crippen molar-refractivity contribution in [3.8, 4) is 0 Å². The lowest BCUT2D eigenvalue weighted by atomic mass is 9.95. The van der Waals surface area contributed by atoms with E-state index in [1.807, 2.05) is 0 Å². The third-order valence-corrected chi connectivity index (χ3v) is 6.21. The summed E-state index contributed by atoms with van der Waals surface area (Å²) in [5.41, 5.74) is 8.41. The summed E-state index contributed by atoms with van der Waals surface area (Å²) in [5.74, 6) is 0. The van der Waals surface area contributed by atoms with Crippen molar-refractivity contribution in [3.63, 3.8) is 0 Å². The molecule has 3 aromatic rings. The molecule has 4 nitrogen and oxygen atoms in total. The number of nitrogens with one attached hydrogen (secondary N) is 3. The molecule has 4 heteroatoms. The minimum atomic E-state index is 0.906. The van der Waals surface area contributed by atoms with Crippen LogP contribution in [-0.4, -0.2) is 31.2 Å². The van der Waals surface area contributed by atoms with Crippen LogP contribution in [-0.2, 0) is 25.9 Å². The maximum Gasteiger partial charge on any atom is 0.0459 e. The Bertz CT molecular complexity index is 952. The number of benzene rings is 2. The molecule has 1 aromatic heterocycles. The smallest absolute Gasteiger partial charge is 0.0459 e. The van der Waals surface area contributed by atoms with Crippen molar-refractivity contribution in [1.29, 1.82) is 0 Å². The Kier molecular flexibility index (Phi) is 5.06. The number of hydrogen-bond donors (Lipinski definition) is 3. The molecule has 0 amide bonds. The van der Waals surface area contributed by atoms with Gasteiger partial charge in [0, 0.05) is 61.6 Å². The quantitative estimate of drug-likeness (QED) is 0.637. The first kappa shape index (κ1) is 17.8. The van der Waals surface area contributed by atoms with Crippen molar-refractivity contribution in [2.75, 3.05) is 31.1 Å². The van der Waals surface area contributed by atoms with E-state index in [1.165, 1.54) is 59.1 Å². The number of rotatable bonds is 5. The van der Waals surface area contributed by atoms with Gasteiger partial charge in [-0.3, -0.25) is 0 Å². The van der Waals surface area contributed by atoms with Gasteiger partial charge in [-0.2, -0.15) is 0 Å². The first-order valence-corrected chi connectivity index (χ1v) is 10.7. The molecular weight excluding hydrogens is 344 g/mol. The van der Waals surface area contributed by atoms with Gasteiger partial charge in [-0.25, -0.2) is 0 Å². The lowest BCUT2D eigenvalue weighted by Gasteiger charge is -2.29. The fraction of sp³-hybridized carbons (Fsp3) is 0.417. The van der Waals surface area contributed by atoms with Crippen LogP contribution < -0.4 is 15.5 Å².